The molecule has 12 heavy (non-hydrogen) atoms. The molecule has 0 unspecified atom stereocenters. The average molecular weight is 166 g/mol. The molecule has 0 saturated heterocycles. The number of aryl methyl sites for hydroxylation is 1. The molecule has 1 aromatic heterocycles. The van der Waals surface area contributed by atoms with E-state index in [-0.39, 0.29) is 5.84 Å². The molecule has 1 aromatic rings. The minimum atomic E-state index is -0.0401. The lowest BCUT2D eigenvalue weighted by molar-refractivity contribution is 0.318. The zero-order chi connectivity index (χ0) is 9.14. The van der Waals surface area contributed by atoms with Gasteiger partial charge >= 0.3 is 0 Å². The summed E-state index contributed by atoms with van der Waals surface area (Å²) in [6.07, 6.45) is 0. The molecule has 0 aliphatic carbocycles. The summed E-state index contributed by atoms with van der Waals surface area (Å²) >= 11 is 0. The van der Waals surface area contributed by atoms with E-state index in [0.29, 0.717) is 11.5 Å². The third-order valence-electron chi connectivity index (χ3n) is 1.51. The van der Waals surface area contributed by atoms with Crippen LogP contribution in [-0.4, -0.2) is 16.0 Å². The highest BCUT2D eigenvalue weighted by molar-refractivity contribution is 5.95. The Morgan fingerprint density at radius 2 is 2.25 bits per heavy atom. The van der Waals surface area contributed by atoms with E-state index in [4.69, 9.17) is 16.7 Å². The summed E-state index contributed by atoms with van der Waals surface area (Å²) < 4.78 is 0. The summed E-state index contributed by atoms with van der Waals surface area (Å²) in [5, 5.41) is 11.1. The Balaban J connectivity index is 3.13. The third-order valence-corrected chi connectivity index (χ3v) is 1.51. The Morgan fingerprint density at radius 1 is 1.58 bits per heavy atom. The minimum Gasteiger partial charge on any atom is -0.409 e. The first kappa shape index (κ1) is 8.32. The van der Waals surface area contributed by atoms with Gasteiger partial charge in [-0.25, -0.2) is 4.98 Å². The molecule has 5 N–H and O–H groups in total. The zero-order valence-corrected chi connectivity index (χ0v) is 6.65. The van der Waals surface area contributed by atoms with Gasteiger partial charge in [0.2, 0.25) is 0 Å². The lowest BCUT2D eigenvalue weighted by atomic mass is 10.2. The van der Waals surface area contributed by atoms with Crippen LogP contribution in [0.2, 0.25) is 0 Å². The molecular weight excluding hydrogens is 156 g/mol. The molecule has 0 saturated carbocycles. The van der Waals surface area contributed by atoms with Crippen molar-refractivity contribution in [1.29, 1.82) is 0 Å². The summed E-state index contributed by atoms with van der Waals surface area (Å²) in [6, 6.07) is 3.40. The Morgan fingerprint density at radius 3 is 2.75 bits per heavy atom. The van der Waals surface area contributed by atoms with Crippen LogP contribution < -0.4 is 11.5 Å². The van der Waals surface area contributed by atoms with Crippen LogP contribution in [0.15, 0.2) is 17.3 Å². The molecule has 0 radical (unpaired) electrons. The quantitative estimate of drug-likeness (QED) is 0.238. The number of nitrogens with zero attached hydrogens (tertiary/aromatic N) is 2. The van der Waals surface area contributed by atoms with Crippen molar-refractivity contribution in [2.75, 3.05) is 5.73 Å². The molecule has 0 aliphatic heterocycles. The maximum Gasteiger partial charge on any atom is 0.188 e. The third kappa shape index (κ3) is 1.45. The number of amidine groups is 1. The van der Waals surface area contributed by atoms with E-state index in [1.54, 1.807) is 12.1 Å². The fraction of sp³-hybridized carbons (Fsp3) is 0.143. The van der Waals surface area contributed by atoms with Crippen LogP contribution in [0.4, 0.5) is 5.82 Å². The van der Waals surface area contributed by atoms with E-state index >= 15 is 0 Å². The fourth-order valence-corrected chi connectivity index (χ4v) is 0.738. The fourth-order valence-electron chi connectivity index (χ4n) is 0.738. The van der Waals surface area contributed by atoms with Crippen molar-refractivity contribution in [1.82, 2.24) is 4.98 Å². The van der Waals surface area contributed by atoms with Crippen molar-refractivity contribution >= 4 is 11.7 Å². The average Bonchev–Trinajstić information content (AvgIpc) is 2.08. The van der Waals surface area contributed by atoms with Crippen molar-refractivity contribution in [3.05, 3.63) is 23.4 Å². The Hall–Kier alpha value is -1.78. The van der Waals surface area contributed by atoms with Crippen LogP contribution in [0.3, 0.4) is 0 Å². The smallest absolute Gasteiger partial charge is 0.188 e. The Bertz CT molecular complexity index is 321. The number of aromatic nitrogens is 1. The van der Waals surface area contributed by atoms with E-state index in [1.807, 2.05) is 6.92 Å². The normalized spacial score (nSPS) is 11.6. The standard InChI is InChI=1S/C7H10N4O/c1-4-2-3-5(7(9)11-12)10-6(4)8/h2-3,12H,1H3,(H2,8,10)(H2,9,11). The number of hydrogen-bond acceptors (Lipinski definition) is 4. The van der Waals surface area contributed by atoms with Crippen LogP contribution in [0, 0.1) is 6.92 Å². The second-order valence-corrected chi connectivity index (χ2v) is 2.38. The predicted octanol–water partition coefficient (Wildman–Crippen LogP) is 0.0667. The van der Waals surface area contributed by atoms with Gasteiger partial charge in [0.25, 0.3) is 0 Å². The molecule has 1 rings (SSSR count). The lowest BCUT2D eigenvalue weighted by Crippen LogP contribution is -2.15. The van der Waals surface area contributed by atoms with Gasteiger partial charge in [-0.15, -0.1) is 0 Å². The van der Waals surface area contributed by atoms with Gasteiger partial charge in [0.05, 0.1) is 0 Å². The van der Waals surface area contributed by atoms with Gasteiger partial charge in [0.15, 0.2) is 5.84 Å². The molecule has 5 nitrogen and oxygen atoms in total. The summed E-state index contributed by atoms with van der Waals surface area (Å²) in [6.45, 7) is 1.83. The Labute approximate surface area is 69.7 Å². The van der Waals surface area contributed by atoms with E-state index in [1.165, 1.54) is 0 Å². The second kappa shape index (κ2) is 3.08. The van der Waals surface area contributed by atoms with E-state index < -0.39 is 0 Å². The summed E-state index contributed by atoms with van der Waals surface area (Å²) in [5.74, 6) is 0.348. The number of nitrogens with two attached hydrogens (primary N) is 2. The van der Waals surface area contributed by atoms with Gasteiger partial charge in [0, 0.05) is 0 Å². The number of nitrogen functional groups attached to an aromatic ring is 1. The van der Waals surface area contributed by atoms with Gasteiger partial charge in [0.1, 0.15) is 11.5 Å². The predicted molar refractivity (Wildman–Crippen MR) is 45.9 cm³/mol. The van der Waals surface area contributed by atoms with E-state index in [9.17, 15) is 0 Å². The topological polar surface area (TPSA) is 97.5 Å². The van der Waals surface area contributed by atoms with Crippen molar-refractivity contribution < 1.29 is 5.21 Å². The first-order valence-corrected chi connectivity index (χ1v) is 3.36. The molecule has 1 heterocycles. The van der Waals surface area contributed by atoms with Crippen LogP contribution in [0.25, 0.3) is 0 Å². The Kier molecular flexibility index (Phi) is 2.14. The molecule has 0 aliphatic rings. The SMILES string of the molecule is Cc1ccc(C(N)=NO)nc1N. The van der Waals surface area contributed by atoms with Crippen LogP contribution in [0.1, 0.15) is 11.3 Å². The highest BCUT2D eigenvalue weighted by Crippen LogP contribution is 2.07. The van der Waals surface area contributed by atoms with Crippen molar-refractivity contribution in [2.24, 2.45) is 10.9 Å². The van der Waals surface area contributed by atoms with Crippen molar-refractivity contribution in [3.8, 4) is 0 Å². The monoisotopic (exact) mass is 166 g/mol. The molecular formula is C7H10N4O. The molecule has 0 atom stereocenters. The largest absolute Gasteiger partial charge is 0.409 e. The van der Waals surface area contributed by atoms with Gasteiger partial charge in [-0.05, 0) is 18.6 Å². The van der Waals surface area contributed by atoms with Crippen LogP contribution >= 0.6 is 0 Å². The first-order valence-electron chi connectivity index (χ1n) is 3.36. The number of oxime groups is 1. The van der Waals surface area contributed by atoms with Crippen molar-refractivity contribution in [2.45, 2.75) is 6.92 Å². The van der Waals surface area contributed by atoms with Gasteiger partial charge < -0.3 is 16.7 Å². The van der Waals surface area contributed by atoms with E-state index in [0.717, 1.165) is 5.56 Å². The van der Waals surface area contributed by atoms with E-state index in [2.05, 4.69) is 10.1 Å². The molecule has 0 spiro atoms. The minimum absolute atomic E-state index is 0.0401. The first-order chi connectivity index (χ1) is 5.65. The zero-order valence-electron chi connectivity index (χ0n) is 6.65. The highest BCUT2D eigenvalue weighted by Gasteiger charge is 2.02. The molecule has 5 heteroatoms. The molecule has 0 bridgehead atoms. The number of rotatable bonds is 1. The van der Waals surface area contributed by atoms with Gasteiger partial charge in [-0.1, -0.05) is 11.2 Å². The number of pyridine rings is 1. The molecule has 0 fully saturated rings. The van der Waals surface area contributed by atoms with Gasteiger partial charge in [-0.3, -0.25) is 0 Å². The van der Waals surface area contributed by atoms with Crippen LogP contribution in [-0.2, 0) is 0 Å². The summed E-state index contributed by atoms with van der Waals surface area (Å²) in [4.78, 5) is 3.91. The highest BCUT2D eigenvalue weighted by atomic mass is 16.4. The second-order valence-electron chi connectivity index (χ2n) is 2.38. The van der Waals surface area contributed by atoms with Crippen LogP contribution in [0.5, 0.6) is 0 Å². The van der Waals surface area contributed by atoms with Crippen molar-refractivity contribution in [3.63, 3.8) is 0 Å². The number of hydrogen-bond donors (Lipinski definition) is 3. The lowest BCUT2D eigenvalue weighted by Gasteiger charge is -2.01. The molecule has 0 amide bonds. The summed E-state index contributed by atoms with van der Waals surface area (Å²) in [7, 11) is 0. The molecule has 64 valence electrons. The maximum absolute atomic E-state index is 8.33. The molecule has 0 aromatic carbocycles. The summed E-state index contributed by atoms with van der Waals surface area (Å²) in [5.41, 5.74) is 12.0. The maximum atomic E-state index is 8.33. The number of anilines is 1. The van der Waals surface area contributed by atoms with Gasteiger partial charge in [-0.2, -0.15) is 0 Å².